The van der Waals surface area contributed by atoms with Crippen LogP contribution in [0.15, 0.2) is 48.5 Å². The SMILES string of the molecule is COc1cc(C(N)=O)cc(C)c1-c1ccc(C[C@H](NC(=O)c2c(Cl)cc(C(=O)O)cc2Cl)C(=O)O)cc1. The minimum atomic E-state index is -1.32. The highest BCUT2D eigenvalue weighted by Gasteiger charge is 2.25. The molecule has 5 N–H and O–H groups in total. The molecule has 37 heavy (non-hydrogen) atoms. The Morgan fingerprint density at radius 1 is 0.973 bits per heavy atom. The van der Waals surface area contributed by atoms with Crippen LogP contribution < -0.4 is 15.8 Å². The second-order valence-corrected chi connectivity index (χ2v) is 8.93. The maximum Gasteiger partial charge on any atom is 0.335 e. The van der Waals surface area contributed by atoms with Gasteiger partial charge >= 0.3 is 11.9 Å². The number of methoxy groups -OCH3 is 1. The van der Waals surface area contributed by atoms with E-state index in [-0.39, 0.29) is 27.6 Å². The molecule has 1 atom stereocenters. The zero-order chi connectivity index (χ0) is 27.4. The number of carboxylic acids is 2. The van der Waals surface area contributed by atoms with Crippen LogP contribution in [-0.2, 0) is 11.2 Å². The monoisotopic (exact) mass is 544 g/mol. The van der Waals surface area contributed by atoms with E-state index in [0.717, 1.165) is 28.8 Å². The normalized spacial score (nSPS) is 11.5. The molecule has 0 radical (unpaired) electrons. The van der Waals surface area contributed by atoms with E-state index in [1.807, 2.05) is 6.92 Å². The molecule has 0 heterocycles. The van der Waals surface area contributed by atoms with E-state index < -0.39 is 29.8 Å². The molecule has 0 aliphatic carbocycles. The lowest BCUT2D eigenvalue weighted by Gasteiger charge is -2.17. The van der Waals surface area contributed by atoms with Gasteiger partial charge in [0.1, 0.15) is 11.8 Å². The van der Waals surface area contributed by atoms with Crippen LogP contribution in [-0.4, -0.2) is 47.1 Å². The Morgan fingerprint density at radius 2 is 1.57 bits per heavy atom. The Morgan fingerprint density at radius 3 is 2.05 bits per heavy atom. The van der Waals surface area contributed by atoms with Gasteiger partial charge in [0.15, 0.2) is 0 Å². The van der Waals surface area contributed by atoms with E-state index in [0.29, 0.717) is 16.9 Å². The Kier molecular flexibility index (Phi) is 8.42. The molecule has 0 aliphatic heterocycles. The van der Waals surface area contributed by atoms with Crippen molar-refractivity contribution in [2.45, 2.75) is 19.4 Å². The second-order valence-electron chi connectivity index (χ2n) is 8.12. The summed E-state index contributed by atoms with van der Waals surface area (Å²) >= 11 is 12.1. The lowest BCUT2D eigenvalue weighted by Crippen LogP contribution is -2.42. The smallest absolute Gasteiger partial charge is 0.335 e. The molecule has 192 valence electrons. The summed E-state index contributed by atoms with van der Waals surface area (Å²) in [5, 5.41) is 20.7. The lowest BCUT2D eigenvalue weighted by atomic mass is 9.95. The van der Waals surface area contributed by atoms with Crippen molar-refractivity contribution in [1.82, 2.24) is 5.32 Å². The number of nitrogens with two attached hydrogens (primary N) is 1. The number of benzene rings is 3. The lowest BCUT2D eigenvalue weighted by molar-refractivity contribution is -0.139. The number of halogens is 2. The van der Waals surface area contributed by atoms with Gasteiger partial charge in [-0.1, -0.05) is 47.5 Å². The predicted molar refractivity (Wildman–Crippen MR) is 138 cm³/mol. The first-order valence-corrected chi connectivity index (χ1v) is 11.5. The molecule has 0 fully saturated rings. The molecule has 0 aromatic heterocycles. The zero-order valence-electron chi connectivity index (χ0n) is 19.7. The van der Waals surface area contributed by atoms with Crippen LogP contribution in [0, 0.1) is 6.92 Å². The van der Waals surface area contributed by atoms with Gasteiger partial charge in [-0.05, 0) is 47.9 Å². The van der Waals surface area contributed by atoms with Gasteiger partial charge in [0.05, 0.1) is 28.3 Å². The van der Waals surface area contributed by atoms with Crippen LogP contribution in [0.4, 0.5) is 0 Å². The first-order valence-electron chi connectivity index (χ1n) is 10.8. The van der Waals surface area contributed by atoms with E-state index >= 15 is 0 Å². The number of amides is 2. The number of aliphatic carboxylic acids is 1. The number of rotatable bonds is 9. The van der Waals surface area contributed by atoms with E-state index in [1.165, 1.54) is 7.11 Å². The Hall–Kier alpha value is -4.08. The van der Waals surface area contributed by atoms with Crippen LogP contribution in [0.2, 0.25) is 10.0 Å². The van der Waals surface area contributed by atoms with Crippen LogP contribution >= 0.6 is 23.2 Å². The van der Waals surface area contributed by atoms with Crippen molar-refractivity contribution in [3.05, 3.63) is 86.4 Å². The van der Waals surface area contributed by atoms with Gasteiger partial charge < -0.3 is 26.0 Å². The third kappa shape index (κ3) is 6.19. The van der Waals surface area contributed by atoms with Crippen molar-refractivity contribution in [3.8, 4) is 16.9 Å². The number of carboxylic acid groups (broad SMARTS) is 2. The largest absolute Gasteiger partial charge is 0.496 e. The Balaban J connectivity index is 1.84. The quantitative estimate of drug-likeness (QED) is 0.314. The van der Waals surface area contributed by atoms with Crippen molar-refractivity contribution in [1.29, 1.82) is 0 Å². The average Bonchev–Trinajstić information content (AvgIpc) is 2.83. The van der Waals surface area contributed by atoms with E-state index in [1.54, 1.807) is 36.4 Å². The average molecular weight is 545 g/mol. The Labute approximate surface area is 221 Å². The molecule has 0 aliphatic rings. The van der Waals surface area contributed by atoms with E-state index in [4.69, 9.17) is 38.8 Å². The van der Waals surface area contributed by atoms with Crippen molar-refractivity contribution in [2.24, 2.45) is 5.73 Å². The minimum Gasteiger partial charge on any atom is -0.496 e. The van der Waals surface area contributed by atoms with Gasteiger partial charge in [0, 0.05) is 17.5 Å². The number of aromatic carboxylic acids is 1. The number of carbonyl (C=O) groups is 4. The highest BCUT2D eigenvalue weighted by atomic mass is 35.5. The summed E-state index contributed by atoms with van der Waals surface area (Å²) in [4.78, 5) is 47.3. The summed E-state index contributed by atoms with van der Waals surface area (Å²) < 4.78 is 5.44. The van der Waals surface area contributed by atoms with E-state index in [9.17, 15) is 24.3 Å². The first-order chi connectivity index (χ1) is 17.4. The zero-order valence-corrected chi connectivity index (χ0v) is 21.2. The molecule has 9 nitrogen and oxygen atoms in total. The van der Waals surface area contributed by atoms with Crippen molar-refractivity contribution >= 4 is 47.0 Å². The second kappa shape index (κ2) is 11.3. The molecule has 3 aromatic carbocycles. The molecule has 3 rings (SSSR count). The molecule has 2 amide bonds. The van der Waals surface area contributed by atoms with Gasteiger partial charge in [0.2, 0.25) is 5.91 Å². The first kappa shape index (κ1) is 27.5. The van der Waals surface area contributed by atoms with Gasteiger partial charge in [-0.2, -0.15) is 0 Å². The fourth-order valence-electron chi connectivity index (χ4n) is 3.82. The highest BCUT2D eigenvalue weighted by molar-refractivity contribution is 6.40. The maximum absolute atomic E-state index is 12.8. The number of nitrogens with one attached hydrogen (secondary N) is 1. The number of primary amides is 1. The molecule has 3 aromatic rings. The van der Waals surface area contributed by atoms with Crippen LogP contribution in [0.3, 0.4) is 0 Å². The number of hydrogen-bond donors (Lipinski definition) is 4. The minimum absolute atomic E-state index is 0.0550. The standard InChI is InChI=1S/C26H22Cl2N2O7/c1-12-7-15(23(29)31)11-20(37-2)21(12)14-5-3-13(4-6-14)8-19(26(35)36)30-24(32)22-17(27)9-16(25(33)34)10-18(22)28/h3-7,9-11,19H,8H2,1-2H3,(H2,29,31)(H,30,32)(H,33,34)(H,35,36)/t19-/m0/s1. The molecular weight excluding hydrogens is 523 g/mol. The Bertz CT molecular complexity index is 1380. The molecular formula is C26H22Cl2N2O7. The van der Waals surface area contributed by atoms with Gasteiger partial charge in [-0.25, -0.2) is 9.59 Å². The molecule has 0 unspecified atom stereocenters. The molecule has 0 saturated heterocycles. The third-order valence-corrected chi connectivity index (χ3v) is 6.20. The summed E-state index contributed by atoms with van der Waals surface area (Å²) in [5.41, 5.74) is 8.15. The highest BCUT2D eigenvalue weighted by Crippen LogP contribution is 2.34. The summed E-state index contributed by atoms with van der Waals surface area (Å²) in [5.74, 6) is -3.54. The molecule has 0 saturated carbocycles. The topological polar surface area (TPSA) is 156 Å². The molecule has 11 heteroatoms. The molecule has 0 spiro atoms. The fourth-order valence-corrected chi connectivity index (χ4v) is 4.47. The number of hydrogen-bond acceptors (Lipinski definition) is 5. The maximum atomic E-state index is 12.8. The van der Waals surface area contributed by atoms with Crippen molar-refractivity contribution in [3.63, 3.8) is 0 Å². The summed E-state index contributed by atoms with van der Waals surface area (Å²) in [6.07, 6.45) is -0.0550. The van der Waals surface area contributed by atoms with Crippen LogP contribution in [0.1, 0.15) is 42.2 Å². The molecule has 0 bridgehead atoms. The van der Waals surface area contributed by atoms with Crippen LogP contribution in [0.25, 0.3) is 11.1 Å². The third-order valence-electron chi connectivity index (χ3n) is 5.61. The van der Waals surface area contributed by atoms with Gasteiger partial charge in [-0.15, -0.1) is 0 Å². The van der Waals surface area contributed by atoms with E-state index in [2.05, 4.69) is 5.32 Å². The number of aryl methyl sites for hydroxylation is 1. The fraction of sp³-hybridized carbons (Fsp3) is 0.154. The summed E-state index contributed by atoms with van der Waals surface area (Å²) in [6.45, 7) is 1.81. The summed E-state index contributed by atoms with van der Waals surface area (Å²) in [7, 11) is 1.48. The van der Waals surface area contributed by atoms with Crippen LogP contribution in [0.5, 0.6) is 5.75 Å². The predicted octanol–water partition coefficient (Wildman–Crippen LogP) is 4.20. The summed E-state index contributed by atoms with van der Waals surface area (Å²) in [6, 6.07) is 11.0. The van der Waals surface area contributed by atoms with Gasteiger partial charge in [0.25, 0.3) is 5.91 Å². The van der Waals surface area contributed by atoms with Crippen molar-refractivity contribution in [2.75, 3.05) is 7.11 Å². The van der Waals surface area contributed by atoms with Crippen molar-refractivity contribution < 1.29 is 34.1 Å². The van der Waals surface area contributed by atoms with Gasteiger partial charge in [-0.3, -0.25) is 9.59 Å². The number of carbonyl (C=O) groups excluding carboxylic acids is 2. The number of ether oxygens (including phenoxy) is 1.